The minimum absolute atomic E-state index is 0.321. The van der Waals surface area contributed by atoms with E-state index in [4.69, 9.17) is 9.52 Å². The molecule has 1 unspecified atom stereocenters. The van der Waals surface area contributed by atoms with E-state index in [1.165, 1.54) is 0 Å². The fourth-order valence-corrected chi connectivity index (χ4v) is 1.74. The lowest BCUT2D eigenvalue weighted by atomic mass is 10.0. The van der Waals surface area contributed by atoms with Crippen LogP contribution in [0.3, 0.4) is 0 Å². The second kappa shape index (κ2) is 4.64. The fourth-order valence-electron chi connectivity index (χ4n) is 1.20. The first-order chi connectivity index (χ1) is 6.50. The van der Waals surface area contributed by atoms with Gasteiger partial charge >= 0.3 is 5.97 Å². The molecule has 0 saturated carbocycles. The van der Waals surface area contributed by atoms with Crippen LogP contribution in [-0.2, 0) is 11.2 Å². The molecular formula is C10H13BrO3. The standard InChI is InChI=1S/C10H13BrO3/c1-6(10(12)13)3-4-8-7(2)5-9(11)14-8/h5-6H,3-4H2,1-2H3,(H,12,13). The summed E-state index contributed by atoms with van der Waals surface area (Å²) >= 11 is 3.24. The molecule has 0 bridgehead atoms. The van der Waals surface area contributed by atoms with Crippen LogP contribution in [0.5, 0.6) is 0 Å². The smallest absolute Gasteiger partial charge is 0.306 e. The summed E-state index contributed by atoms with van der Waals surface area (Å²) in [7, 11) is 0. The summed E-state index contributed by atoms with van der Waals surface area (Å²) in [4.78, 5) is 10.6. The monoisotopic (exact) mass is 260 g/mol. The van der Waals surface area contributed by atoms with Crippen LogP contribution in [0.15, 0.2) is 15.2 Å². The van der Waals surface area contributed by atoms with Gasteiger partial charge in [-0.25, -0.2) is 0 Å². The third-order valence-corrected chi connectivity index (χ3v) is 2.61. The Bertz CT molecular complexity index is 330. The van der Waals surface area contributed by atoms with E-state index in [0.717, 1.165) is 11.3 Å². The Labute approximate surface area is 91.2 Å². The first-order valence-electron chi connectivity index (χ1n) is 4.48. The number of aryl methyl sites for hydroxylation is 2. The molecule has 3 nitrogen and oxygen atoms in total. The van der Waals surface area contributed by atoms with Crippen molar-refractivity contribution in [2.45, 2.75) is 26.7 Å². The molecule has 0 aliphatic heterocycles. The topological polar surface area (TPSA) is 50.4 Å². The Morgan fingerprint density at radius 1 is 1.71 bits per heavy atom. The quantitative estimate of drug-likeness (QED) is 0.906. The molecule has 0 spiro atoms. The number of hydrogen-bond acceptors (Lipinski definition) is 2. The van der Waals surface area contributed by atoms with Gasteiger partial charge in [-0.2, -0.15) is 0 Å². The predicted molar refractivity (Wildman–Crippen MR) is 56.3 cm³/mol. The Balaban J connectivity index is 2.53. The van der Waals surface area contributed by atoms with Gasteiger partial charge in [0.25, 0.3) is 0 Å². The van der Waals surface area contributed by atoms with Gasteiger partial charge in [-0.15, -0.1) is 0 Å². The van der Waals surface area contributed by atoms with Gasteiger partial charge in [-0.3, -0.25) is 4.79 Å². The summed E-state index contributed by atoms with van der Waals surface area (Å²) in [5, 5.41) is 8.69. The van der Waals surface area contributed by atoms with E-state index in [9.17, 15) is 4.79 Å². The highest BCUT2D eigenvalue weighted by Crippen LogP contribution is 2.21. The van der Waals surface area contributed by atoms with Crippen LogP contribution in [0, 0.1) is 12.8 Å². The molecule has 4 heteroatoms. The van der Waals surface area contributed by atoms with Crippen molar-refractivity contribution in [3.8, 4) is 0 Å². The van der Waals surface area contributed by atoms with E-state index in [1.807, 2.05) is 13.0 Å². The second-order valence-corrected chi connectivity index (χ2v) is 4.22. The SMILES string of the molecule is Cc1cc(Br)oc1CCC(C)C(=O)O. The molecule has 0 saturated heterocycles. The van der Waals surface area contributed by atoms with Crippen molar-refractivity contribution in [3.05, 3.63) is 22.1 Å². The summed E-state index contributed by atoms with van der Waals surface area (Å²) in [5.74, 6) is -0.212. The van der Waals surface area contributed by atoms with Crippen LogP contribution in [-0.4, -0.2) is 11.1 Å². The molecule has 1 aromatic heterocycles. The average molecular weight is 261 g/mol. The molecule has 1 rings (SSSR count). The molecule has 78 valence electrons. The number of aliphatic carboxylic acids is 1. The minimum Gasteiger partial charge on any atom is -0.481 e. The highest BCUT2D eigenvalue weighted by Gasteiger charge is 2.13. The van der Waals surface area contributed by atoms with Gasteiger partial charge in [-0.05, 0) is 40.9 Å². The highest BCUT2D eigenvalue weighted by atomic mass is 79.9. The molecule has 0 amide bonds. The second-order valence-electron chi connectivity index (χ2n) is 3.43. The summed E-state index contributed by atoms with van der Waals surface area (Å²) < 4.78 is 6.07. The maximum absolute atomic E-state index is 10.6. The normalized spacial score (nSPS) is 12.8. The number of carbonyl (C=O) groups is 1. The molecule has 0 aliphatic rings. The van der Waals surface area contributed by atoms with Gasteiger partial charge in [-0.1, -0.05) is 6.92 Å². The van der Waals surface area contributed by atoms with E-state index in [-0.39, 0.29) is 5.92 Å². The number of halogens is 1. The predicted octanol–water partition coefficient (Wildman–Crippen LogP) is 3.00. The van der Waals surface area contributed by atoms with E-state index in [2.05, 4.69) is 15.9 Å². The van der Waals surface area contributed by atoms with E-state index >= 15 is 0 Å². The van der Waals surface area contributed by atoms with E-state index < -0.39 is 5.97 Å². The molecule has 0 aromatic carbocycles. The van der Waals surface area contributed by atoms with Gasteiger partial charge in [0, 0.05) is 6.42 Å². The van der Waals surface area contributed by atoms with Crippen molar-refractivity contribution < 1.29 is 14.3 Å². The first-order valence-corrected chi connectivity index (χ1v) is 5.27. The fraction of sp³-hybridized carbons (Fsp3) is 0.500. The largest absolute Gasteiger partial charge is 0.481 e. The van der Waals surface area contributed by atoms with Crippen molar-refractivity contribution in [1.29, 1.82) is 0 Å². The van der Waals surface area contributed by atoms with Crippen molar-refractivity contribution in [3.63, 3.8) is 0 Å². The van der Waals surface area contributed by atoms with Gasteiger partial charge in [0.2, 0.25) is 0 Å². The van der Waals surface area contributed by atoms with Crippen LogP contribution >= 0.6 is 15.9 Å². The van der Waals surface area contributed by atoms with Crippen LogP contribution in [0.1, 0.15) is 24.7 Å². The van der Waals surface area contributed by atoms with Crippen molar-refractivity contribution in [1.82, 2.24) is 0 Å². The van der Waals surface area contributed by atoms with Gasteiger partial charge in [0.05, 0.1) is 5.92 Å². The Kier molecular flexibility index (Phi) is 3.75. The van der Waals surface area contributed by atoms with Crippen LogP contribution < -0.4 is 0 Å². The Morgan fingerprint density at radius 2 is 2.36 bits per heavy atom. The zero-order valence-corrected chi connectivity index (χ0v) is 9.80. The number of rotatable bonds is 4. The van der Waals surface area contributed by atoms with Crippen molar-refractivity contribution >= 4 is 21.9 Å². The lowest BCUT2D eigenvalue weighted by Crippen LogP contribution is -2.10. The molecular weight excluding hydrogens is 248 g/mol. The molecule has 1 aromatic rings. The number of carboxylic acids is 1. The van der Waals surface area contributed by atoms with Gasteiger partial charge in [0.15, 0.2) is 4.67 Å². The maximum Gasteiger partial charge on any atom is 0.306 e. The number of furan rings is 1. The maximum atomic E-state index is 10.6. The van der Waals surface area contributed by atoms with Crippen molar-refractivity contribution in [2.75, 3.05) is 0 Å². The molecule has 1 N–H and O–H groups in total. The molecule has 14 heavy (non-hydrogen) atoms. The molecule has 0 radical (unpaired) electrons. The summed E-state index contributed by atoms with van der Waals surface area (Å²) in [6, 6.07) is 1.89. The lowest BCUT2D eigenvalue weighted by Gasteiger charge is -2.03. The van der Waals surface area contributed by atoms with Crippen molar-refractivity contribution in [2.24, 2.45) is 5.92 Å². The number of hydrogen-bond donors (Lipinski definition) is 1. The Hall–Kier alpha value is -0.770. The minimum atomic E-state index is -0.756. The zero-order valence-electron chi connectivity index (χ0n) is 8.21. The zero-order chi connectivity index (χ0) is 10.7. The summed E-state index contributed by atoms with van der Waals surface area (Å²) in [5.41, 5.74) is 1.06. The van der Waals surface area contributed by atoms with E-state index in [0.29, 0.717) is 17.5 Å². The highest BCUT2D eigenvalue weighted by molar-refractivity contribution is 9.10. The average Bonchev–Trinajstić information content (AvgIpc) is 2.40. The van der Waals surface area contributed by atoms with Gasteiger partial charge < -0.3 is 9.52 Å². The molecule has 0 fully saturated rings. The molecule has 1 heterocycles. The van der Waals surface area contributed by atoms with Crippen LogP contribution in [0.25, 0.3) is 0 Å². The summed E-state index contributed by atoms with van der Waals surface area (Å²) in [6.07, 6.45) is 1.28. The lowest BCUT2D eigenvalue weighted by molar-refractivity contribution is -0.141. The molecule has 1 atom stereocenters. The Morgan fingerprint density at radius 3 is 2.79 bits per heavy atom. The van der Waals surface area contributed by atoms with E-state index in [1.54, 1.807) is 6.92 Å². The third kappa shape index (κ3) is 2.87. The van der Waals surface area contributed by atoms with Crippen LogP contribution in [0.4, 0.5) is 0 Å². The first kappa shape index (κ1) is 11.3. The molecule has 0 aliphatic carbocycles. The number of carboxylic acid groups (broad SMARTS) is 1. The third-order valence-electron chi connectivity index (χ3n) is 2.22. The van der Waals surface area contributed by atoms with Crippen LogP contribution in [0.2, 0.25) is 0 Å². The summed E-state index contributed by atoms with van der Waals surface area (Å²) in [6.45, 7) is 3.66. The van der Waals surface area contributed by atoms with Gasteiger partial charge in [0.1, 0.15) is 5.76 Å².